The third kappa shape index (κ3) is 3.81. The molecule has 0 saturated heterocycles. The fourth-order valence-corrected chi connectivity index (χ4v) is 1.81. The summed E-state index contributed by atoms with van der Waals surface area (Å²) in [7, 11) is 3.26. The first-order valence-electron chi connectivity index (χ1n) is 4.75. The Balaban J connectivity index is 2.61. The maximum absolute atomic E-state index is 5.17. The average molecular weight is 274 g/mol. The van der Waals surface area contributed by atoms with Crippen LogP contribution in [0, 0.1) is 0 Å². The Morgan fingerprint density at radius 3 is 2.47 bits per heavy atom. The molecule has 0 amide bonds. The van der Waals surface area contributed by atoms with Crippen molar-refractivity contribution in [3.63, 3.8) is 0 Å². The van der Waals surface area contributed by atoms with Crippen LogP contribution < -0.4 is 5.32 Å². The van der Waals surface area contributed by atoms with Crippen LogP contribution in [0.1, 0.15) is 6.92 Å². The van der Waals surface area contributed by atoms with E-state index in [4.69, 9.17) is 9.47 Å². The summed E-state index contributed by atoms with van der Waals surface area (Å²) in [6.45, 7) is 2.01. The summed E-state index contributed by atoms with van der Waals surface area (Å²) in [6.07, 6.45) is -0.246. The average Bonchev–Trinajstić information content (AvgIpc) is 2.19. The van der Waals surface area contributed by atoms with E-state index in [9.17, 15) is 0 Å². The Hall–Kier alpha value is -0.580. The van der Waals surface area contributed by atoms with Gasteiger partial charge in [0.1, 0.15) is 0 Å². The number of anilines is 1. The van der Waals surface area contributed by atoms with E-state index in [0.29, 0.717) is 0 Å². The Kier molecular flexibility index (Phi) is 5.08. The number of hydrogen-bond acceptors (Lipinski definition) is 3. The molecule has 1 N–H and O–H groups in total. The summed E-state index contributed by atoms with van der Waals surface area (Å²) in [4.78, 5) is 0. The lowest BCUT2D eigenvalue weighted by Gasteiger charge is -2.23. The first-order chi connectivity index (χ1) is 7.17. The van der Waals surface area contributed by atoms with Gasteiger partial charge in [-0.25, -0.2) is 0 Å². The van der Waals surface area contributed by atoms with Crippen LogP contribution in [0.4, 0.5) is 5.69 Å². The Morgan fingerprint density at radius 2 is 1.93 bits per heavy atom. The first kappa shape index (κ1) is 12.5. The molecule has 1 rings (SSSR count). The monoisotopic (exact) mass is 273 g/mol. The predicted octanol–water partition coefficient (Wildman–Crippen LogP) is 2.87. The van der Waals surface area contributed by atoms with Crippen molar-refractivity contribution in [1.29, 1.82) is 0 Å². The number of benzene rings is 1. The van der Waals surface area contributed by atoms with E-state index in [1.54, 1.807) is 14.2 Å². The van der Waals surface area contributed by atoms with Crippen LogP contribution >= 0.6 is 15.9 Å². The highest BCUT2D eigenvalue weighted by Gasteiger charge is 2.14. The molecule has 0 radical (unpaired) electrons. The zero-order chi connectivity index (χ0) is 11.3. The van der Waals surface area contributed by atoms with Gasteiger partial charge >= 0.3 is 0 Å². The molecule has 1 aromatic carbocycles. The van der Waals surface area contributed by atoms with Crippen molar-refractivity contribution in [1.82, 2.24) is 0 Å². The molecule has 3 nitrogen and oxygen atoms in total. The lowest BCUT2D eigenvalue weighted by atomic mass is 10.2. The number of halogens is 1. The van der Waals surface area contributed by atoms with Gasteiger partial charge in [-0.2, -0.15) is 0 Å². The molecule has 0 bridgehead atoms. The van der Waals surface area contributed by atoms with Crippen molar-refractivity contribution < 1.29 is 9.47 Å². The molecule has 0 spiro atoms. The van der Waals surface area contributed by atoms with Crippen LogP contribution in [-0.2, 0) is 9.47 Å². The quantitative estimate of drug-likeness (QED) is 0.837. The highest BCUT2D eigenvalue weighted by atomic mass is 79.9. The van der Waals surface area contributed by atoms with Crippen molar-refractivity contribution in [3.8, 4) is 0 Å². The molecule has 15 heavy (non-hydrogen) atoms. The molecule has 0 fully saturated rings. The van der Waals surface area contributed by atoms with Crippen LogP contribution in [0.5, 0.6) is 0 Å². The molecular formula is C11H16BrNO2. The van der Waals surface area contributed by atoms with Crippen LogP contribution in [-0.4, -0.2) is 26.6 Å². The van der Waals surface area contributed by atoms with Crippen molar-refractivity contribution in [3.05, 3.63) is 28.7 Å². The normalized spacial score (nSPS) is 12.9. The molecule has 1 aromatic rings. The van der Waals surface area contributed by atoms with E-state index >= 15 is 0 Å². The Labute approximate surface area is 98.9 Å². The highest BCUT2D eigenvalue weighted by Crippen LogP contribution is 2.17. The summed E-state index contributed by atoms with van der Waals surface area (Å²) in [5.74, 6) is 0. The SMILES string of the molecule is COC(OC)C(C)Nc1cccc(Br)c1. The minimum Gasteiger partial charge on any atom is -0.377 e. The molecule has 0 heterocycles. The van der Waals surface area contributed by atoms with Gasteiger partial charge in [0, 0.05) is 24.4 Å². The fourth-order valence-electron chi connectivity index (χ4n) is 1.41. The van der Waals surface area contributed by atoms with Gasteiger partial charge in [0.25, 0.3) is 0 Å². The van der Waals surface area contributed by atoms with Crippen molar-refractivity contribution >= 4 is 21.6 Å². The zero-order valence-corrected chi connectivity index (χ0v) is 10.7. The fraction of sp³-hybridized carbons (Fsp3) is 0.455. The molecule has 0 aliphatic carbocycles. The zero-order valence-electron chi connectivity index (χ0n) is 9.16. The van der Waals surface area contributed by atoms with Crippen LogP contribution in [0.25, 0.3) is 0 Å². The second-order valence-corrected chi connectivity index (χ2v) is 4.20. The molecule has 0 aromatic heterocycles. The Bertz CT molecular complexity index is 302. The standard InChI is InChI=1S/C11H16BrNO2/c1-8(11(14-2)15-3)13-10-6-4-5-9(12)7-10/h4-8,11,13H,1-3H3. The van der Waals surface area contributed by atoms with E-state index in [2.05, 4.69) is 21.2 Å². The van der Waals surface area contributed by atoms with Gasteiger partial charge < -0.3 is 14.8 Å². The van der Waals surface area contributed by atoms with E-state index in [1.165, 1.54) is 0 Å². The summed E-state index contributed by atoms with van der Waals surface area (Å²) in [6, 6.07) is 8.07. The number of ether oxygens (including phenoxy) is 2. The third-order valence-corrected chi connectivity index (χ3v) is 2.59. The van der Waals surface area contributed by atoms with E-state index in [1.807, 2.05) is 31.2 Å². The predicted molar refractivity (Wildman–Crippen MR) is 65.0 cm³/mol. The summed E-state index contributed by atoms with van der Waals surface area (Å²) in [5, 5.41) is 3.30. The maximum atomic E-state index is 5.17. The largest absolute Gasteiger partial charge is 0.377 e. The molecule has 0 aliphatic rings. The van der Waals surface area contributed by atoms with Gasteiger partial charge in [-0.15, -0.1) is 0 Å². The molecule has 0 aliphatic heterocycles. The second kappa shape index (κ2) is 6.10. The van der Waals surface area contributed by atoms with Gasteiger partial charge in [-0.05, 0) is 25.1 Å². The first-order valence-corrected chi connectivity index (χ1v) is 5.54. The van der Waals surface area contributed by atoms with Crippen LogP contribution in [0.15, 0.2) is 28.7 Å². The number of hydrogen-bond donors (Lipinski definition) is 1. The minimum absolute atomic E-state index is 0.0919. The number of rotatable bonds is 5. The number of methoxy groups -OCH3 is 2. The van der Waals surface area contributed by atoms with Crippen LogP contribution in [0.2, 0.25) is 0 Å². The van der Waals surface area contributed by atoms with Gasteiger partial charge in [-0.3, -0.25) is 0 Å². The van der Waals surface area contributed by atoms with Gasteiger partial charge in [0.05, 0.1) is 6.04 Å². The summed E-state index contributed by atoms with van der Waals surface area (Å²) < 4.78 is 11.4. The lowest BCUT2D eigenvalue weighted by molar-refractivity contribution is -0.109. The highest BCUT2D eigenvalue weighted by molar-refractivity contribution is 9.10. The molecule has 0 saturated carbocycles. The molecule has 1 unspecified atom stereocenters. The number of nitrogens with one attached hydrogen (secondary N) is 1. The van der Waals surface area contributed by atoms with E-state index in [0.717, 1.165) is 10.2 Å². The van der Waals surface area contributed by atoms with Crippen molar-refractivity contribution in [2.24, 2.45) is 0 Å². The summed E-state index contributed by atoms with van der Waals surface area (Å²) >= 11 is 3.42. The third-order valence-electron chi connectivity index (χ3n) is 2.09. The van der Waals surface area contributed by atoms with Crippen LogP contribution in [0.3, 0.4) is 0 Å². The lowest BCUT2D eigenvalue weighted by Crippen LogP contribution is -2.33. The Morgan fingerprint density at radius 1 is 1.27 bits per heavy atom. The smallest absolute Gasteiger partial charge is 0.176 e. The molecular weight excluding hydrogens is 258 g/mol. The van der Waals surface area contributed by atoms with Gasteiger partial charge in [0.2, 0.25) is 0 Å². The second-order valence-electron chi connectivity index (χ2n) is 3.28. The minimum atomic E-state index is -0.246. The molecule has 1 atom stereocenters. The maximum Gasteiger partial charge on any atom is 0.176 e. The van der Waals surface area contributed by atoms with Gasteiger partial charge in [-0.1, -0.05) is 22.0 Å². The van der Waals surface area contributed by atoms with E-state index < -0.39 is 0 Å². The van der Waals surface area contributed by atoms with Crippen molar-refractivity contribution in [2.45, 2.75) is 19.3 Å². The topological polar surface area (TPSA) is 30.5 Å². The van der Waals surface area contributed by atoms with E-state index in [-0.39, 0.29) is 12.3 Å². The van der Waals surface area contributed by atoms with Gasteiger partial charge in [0.15, 0.2) is 6.29 Å². The summed E-state index contributed by atoms with van der Waals surface area (Å²) in [5.41, 5.74) is 1.04. The van der Waals surface area contributed by atoms with Crippen molar-refractivity contribution in [2.75, 3.05) is 19.5 Å². The molecule has 84 valence electrons. The molecule has 4 heteroatoms.